The quantitative estimate of drug-likeness (QED) is 0.806. The first-order chi connectivity index (χ1) is 10.2. The van der Waals surface area contributed by atoms with Crippen molar-refractivity contribution in [3.8, 4) is 17.2 Å². The number of nitrogens with zero attached hydrogens (tertiary/aromatic N) is 1. The van der Waals surface area contributed by atoms with Crippen LogP contribution in [0.2, 0.25) is 0 Å². The molecule has 0 saturated carbocycles. The zero-order chi connectivity index (χ0) is 15.2. The summed E-state index contributed by atoms with van der Waals surface area (Å²) < 4.78 is 21.2. The Bertz CT molecular complexity index is 573. The molecular weight excluding hydrogens is 274 g/mol. The van der Waals surface area contributed by atoms with Gasteiger partial charge in [0.05, 0.1) is 27.0 Å². The maximum atomic E-state index is 5.48. The molecule has 2 rings (SSSR count). The molecule has 1 aromatic carbocycles. The molecule has 1 aromatic heterocycles. The van der Waals surface area contributed by atoms with Crippen molar-refractivity contribution < 1.29 is 18.6 Å². The lowest BCUT2D eigenvalue weighted by Crippen LogP contribution is -2.03. The van der Waals surface area contributed by atoms with Crippen LogP contribution < -0.4 is 25.3 Å². The number of benzene rings is 1. The van der Waals surface area contributed by atoms with Crippen molar-refractivity contribution >= 4 is 11.7 Å². The number of nitrogens with two attached hydrogens (primary N) is 1. The fraction of sp³-hybridized carbons (Fsp3) is 0.357. The van der Waals surface area contributed by atoms with Gasteiger partial charge < -0.3 is 29.7 Å². The van der Waals surface area contributed by atoms with Gasteiger partial charge in [-0.05, 0) is 6.54 Å². The largest absolute Gasteiger partial charge is 0.493 e. The first-order valence-electron chi connectivity index (χ1n) is 6.43. The molecule has 114 valence electrons. The Hall–Kier alpha value is -2.41. The second-order valence-corrected chi connectivity index (χ2v) is 4.22. The molecule has 2 aromatic rings. The fourth-order valence-corrected chi connectivity index (χ4v) is 1.90. The number of rotatable bonds is 7. The number of oxazole rings is 1. The normalized spacial score (nSPS) is 10.3. The Labute approximate surface area is 123 Å². The zero-order valence-corrected chi connectivity index (χ0v) is 12.3. The predicted octanol–water partition coefficient (Wildman–Crippen LogP) is 1.95. The molecule has 0 fully saturated rings. The van der Waals surface area contributed by atoms with Gasteiger partial charge in [-0.15, -0.1) is 0 Å². The molecule has 0 bridgehead atoms. The first-order valence-corrected chi connectivity index (χ1v) is 6.43. The topological polar surface area (TPSA) is 91.8 Å². The lowest BCUT2D eigenvalue weighted by molar-refractivity contribution is 0.324. The standard InChI is InChI=1S/C14H19N3O4/c1-18-11-6-10(7-12(19-2)13(11)20-3)17-14-16-9(4-5-15)8-21-14/h6-8H,4-5,15H2,1-3H3,(H,16,17). The molecule has 0 amide bonds. The van der Waals surface area contributed by atoms with E-state index in [4.69, 9.17) is 24.4 Å². The third kappa shape index (κ3) is 3.38. The maximum absolute atomic E-state index is 5.48. The van der Waals surface area contributed by atoms with E-state index < -0.39 is 0 Å². The Morgan fingerprint density at radius 3 is 2.33 bits per heavy atom. The van der Waals surface area contributed by atoms with Crippen LogP contribution in [0.15, 0.2) is 22.8 Å². The van der Waals surface area contributed by atoms with Crippen molar-refractivity contribution in [1.29, 1.82) is 0 Å². The molecule has 0 radical (unpaired) electrons. The van der Waals surface area contributed by atoms with Crippen molar-refractivity contribution in [2.24, 2.45) is 5.73 Å². The number of aromatic nitrogens is 1. The number of ether oxygens (including phenoxy) is 3. The number of hydrogen-bond acceptors (Lipinski definition) is 7. The number of anilines is 2. The monoisotopic (exact) mass is 293 g/mol. The van der Waals surface area contributed by atoms with Gasteiger partial charge >= 0.3 is 0 Å². The molecule has 7 heteroatoms. The molecule has 0 aliphatic heterocycles. The minimum Gasteiger partial charge on any atom is -0.493 e. The Morgan fingerprint density at radius 2 is 1.81 bits per heavy atom. The van der Waals surface area contributed by atoms with Crippen LogP contribution in [0.3, 0.4) is 0 Å². The van der Waals surface area contributed by atoms with Gasteiger partial charge in [0.2, 0.25) is 5.75 Å². The lowest BCUT2D eigenvalue weighted by Gasteiger charge is -2.14. The summed E-state index contributed by atoms with van der Waals surface area (Å²) >= 11 is 0. The molecule has 0 aliphatic rings. The minimum absolute atomic E-state index is 0.382. The highest BCUT2D eigenvalue weighted by atomic mass is 16.5. The Balaban J connectivity index is 2.26. The highest BCUT2D eigenvalue weighted by molar-refractivity contribution is 5.65. The van der Waals surface area contributed by atoms with Crippen LogP contribution in [0, 0.1) is 0 Å². The number of methoxy groups -OCH3 is 3. The van der Waals surface area contributed by atoms with Gasteiger partial charge in [-0.3, -0.25) is 0 Å². The van der Waals surface area contributed by atoms with E-state index in [0.717, 1.165) is 5.69 Å². The van der Waals surface area contributed by atoms with Crippen LogP contribution in [0.4, 0.5) is 11.7 Å². The van der Waals surface area contributed by atoms with Crippen LogP contribution in [-0.2, 0) is 6.42 Å². The summed E-state index contributed by atoms with van der Waals surface area (Å²) in [5.41, 5.74) is 6.99. The van der Waals surface area contributed by atoms with E-state index in [9.17, 15) is 0 Å². The summed E-state index contributed by atoms with van der Waals surface area (Å²) in [6.45, 7) is 0.524. The van der Waals surface area contributed by atoms with Gasteiger partial charge in [0.25, 0.3) is 6.01 Å². The predicted molar refractivity (Wildman–Crippen MR) is 78.6 cm³/mol. The van der Waals surface area contributed by atoms with Crippen LogP contribution >= 0.6 is 0 Å². The molecule has 1 heterocycles. The molecular formula is C14H19N3O4. The third-order valence-electron chi connectivity index (χ3n) is 2.87. The highest BCUT2D eigenvalue weighted by Crippen LogP contribution is 2.40. The molecule has 0 atom stereocenters. The maximum Gasteiger partial charge on any atom is 0.299 e. The summed E-state index contributed by atoms with van der Waals surface area (Å²) in [6, 6.07) is 3.93. The molecule has 0 saturated heterocycles. The number of nitrogens with one attached hydrogen (secondary N) is 1. The average Bonchev–Trinajstić information content (AvgIpc) is 2.93. The second-order valence-electron chi connectivity index (χ2n) is 4.22. The van der Waals surface area contributed by atoms with E-state index in [0.29, 0.717) is 41.9 Å². The van der Waals surface area contributed by atoms with E-state index in [-0.39, 0.29) is 0 Å². The van der Waals surface area contributed by atoms with Crippen molar-refractivity contribution in [2.45, 2.75) is 6.42 Å². The minimum atomic E-state index is 0.382. The summed E-state index contributed by atoms with van der Waals surface area (Å²) in [4.78, 5) is 4.28. The average molecular weight is 293 g/mol. The molecule has 21 heavy (non-hydrogen) atoms. The number of hydrogen-bond donors (Lipinski definition) is 2. The van der Waals surface area contributed by atoms with Gasteiger partial charge in [-0.25, -0.2) is 0 Å². The molecule has 0 unspecified atom stereocenters. The van der Waals surface area contributed by atoms with Crippen molar-refractivity contribution in [3.63, 3.8) is 0 Å². The van der Waals surface area contributed by atoms with Crippen molar-refractivity contribution in [3.05, 3.63) is 24.1 Å². The smallest absolute Gasteiger partial charge is 0.299 e. The summed E-state index contributed by atoms with van der Waals surface area (Å²) in [6.07, 6.45) is 2.24. The summed E-state index contributed by atoms with van der Waals surface area (Å²) in [5, 5.41) is 3.05. The lowest BCUT2D eigenvalue weighted by atomic mass is 10.2. The molecule has 0 spiro atoms. The van der Waals surface area contributed by atoms with Crippen molar-refractivity contribution in [1.82, 2.24) is 4.98 Å². The molecule has 7 nitrogen and oxygen atoms in total. The van der Waals surface area contributed by atoms with Crippen LogP contribution in [-0.4, -0.2) is 32.9 Å². The van der Waals surface area contributed by atoms with E-state index in [1.165, 1.54) is 0 Å². The second kappa shape index (κ2) is 6.85. The van der Waals surface area contributed by atoms with E-state index in [1.807, 2.05) is 0 Å². The van der Waals surface area contributed by atoms with Gasteiger partial charge in [-0.1, -0.05) is 0 Å². The van der Waals surface area contributed by atoms with Crippen LogP contribution in [0.5, 0.6) is 17.2 Å². The first kappa shape index (κ1) is 15.0. The fourth-order valence-electron chi connectivity index (χ4n) is 1.90. The van der Waals surface area contributed by atoms with Gasteiger partial charge in [0.15, 0.2) is 11.5 Å². The van der Waals surface area contributed by atoms with E-state index in [1.54, 1.807) is 39.7 Å². The SMILES string of the molecule is COc1cc(Nc2nc(CCN)co2)cc(OC)c1OC. The zero-order valence-electron chi connectivity index (χ0n) is 12.3. The van der Waals surface area contributed by atoms with Crippen LogP contribution in [0.1, 0.15) is 5.69 Å². The van der Waals surface area contributed by atoms with Crippen LogP contribution in [0.25, 0.3) is 0 Å². The molecule has 3 N–H and O–H groups in total. The van der Waals surface area contributed by atoms with Gasteiger partial charge in [0, 0.05) is 24.2 Å². The van der Waals surface area contributed by atoms with E-state index in [2.05, 4.69) is 10.3 Å². The summed E-state index contributed by atoms with van der Waals surface area (Å²) in [5.74, 6) is 1.63. The van der Waals surface area contributed by atoms with Crippen molar-refractivity contribution in [2.75, 3.05) is 33.2 Å². The highest BCUT2D eigenvalue weighted by Gasteiger charge is 2.14. The summed E-state index contributed by atoms with van der Waals surface area (Å²) in [7, 11) is 4.68. The Kier molecular flexibility index (Phi) is 4.89. The van der Waals surface area contributed by atoms with E-state index >= 15 is 0 Å². The Morgan fingerprint density at radius 1 is 1.14 bits per heavy atom. The third-order valence-corrected chi connectivity index (χ3v) is 2.87. The van der Waals surface area contributed by atoms with Gasteiger partial charge in [-0.2, -0.15) is 4.98 Å². The van der Waals surface area contributed by atoms with Gasteiger partial charge in [0.1, 0.15) is 6.26 Å². The molecule has 0 aliphatic carbocycles.